The molecule has 0 bridgehead atoms. The number of rotatable bonds is 2. The zero-order valence-electron chi connectivity index (χ0n) is 10.1. The highest BCUT2D eigenvalue weighted by atomic mass is 16.3. The van der Waals surface area contributed by atoms with Crippen molar-refractivity contribution in [2.75, 3.05) is 13.1 Å². The molecule has 18 heavy (non-hydrogen) atoms. The standard InChI is InChI=1S/C14H16N2O2/c15-13(14(17)16-7-3-4-8-16)11-9-18-12-6-2-1-5-10(11)12/h1-2,5-6,9,13H,3-4,7-8,15H2. The number of likely N-dealkylation sites (tertiary alicyclic amines) is 1. The van der Waals surface area contributed by atoms with Crippen molar-refractivity contribution in [2.24, 2.45) is 5.73 Å². The molecule has 1 aliphatic rings. The van der Waals surface area contributed by atoms with Gasteiger partial charge in [-0.1, -0.05) is 18.2 Å². The van der Waals surface area contributed by atoms with Gasteiger partial charge in [-0.15, -0.1) is 0 Å². The predicted octanol–water partition coefficient (Wildman–Crippen LogP) is 2.06. The quantitative estimate of drug-likeness (QED) is 0.879. The lowest BCUT2D eigenvalue weighted by Gasteiger charge is -2.19. The van der Waals surface area contributed by atoms with Crippen LogP contribution in [0, 0.1) is 0 Å². The van der Waals surface area contributed by atoms with Crippen molar-refractivity contribution >= 4 is 16.9 Å². The van der Waals surface area contributed by atoms with E-state index in [4.69, 9.17) is 10.2 Å². The molecule has 1 aliphatic heterocycles. The van der Waals surface area contributed by atoms with Gasteiger partial charge in [0.25, 0.3) is 0 Å². The van der Waals surface area contributed by atoms with Crippen molar-refractivity contribution in [3.05, 3.63) is 36.1 Å². The van der Waals surface area contributed by atoms with Crippen molar-refractivity contribution in [3.8, 4) is 0 Å². The number of nitrogens with zero attached hydrogens (tertiary/aromatic N) is 1. The number of hydrogen-bond donors (Lipinski definition) is 1. The number of furan rings is 1. The summed E-state index contributed by atoms with van der Waals surface area (Å²) in [5.41, 5.74) is 7.63. The number of fused-ring (bicyclic) bond motifs is 1. The Morgan fingerprint density at radius 2 is 2.00 bits per heavy atom. The highest BCUT2D eigenvalue weighted by Crippen LogP contribution is 2.26. The van der Waals surface area contributed by atoms with Crippen LogP contribution in [0.1, 0.15) is 24.4 Å². The van der Waals surface area contributed by atoms with Crippen LogP contribution in [-0.2, 0) is 4.79 Å². The van der Waals surface area contributed by atoms with Crippen molar-refractivity contribution in [2.45, 2.75) is 18.9 Å². The number of benzene rings is 1. The fraction of sp³-hybridized carbons (Fsp3) is 0.357. The summed E-state index contributed by atoms with van der Waals surface area (Å²) in [6.07, 6.45) is 3.75. The smallest absolute Gasteiger partial charge is 0.244 e. The van der Waals surface area contributed by atoms with Gasteiger partial charge in [-0.2, -0.15) is 0 Å². The van der Waals surface area contributed by atoms with Crippen molar-refractivity contribution in [1.82, 2.24) is 4.90 Å². The Morgan fingerprint density at radius 3 is 2.78 bits per heavy atom. The van der Waals surface area contributed by atoms with Crippen LogP contribution in [0.25, 0.3) is 11.0 Å². The molecule has 1 aromatic heterocycles. The van der Waals surface area contributed by atoms with E-state index in [0.717, 1.165) is 42.5 Å². The van der Waals surface area contributed by atoms with Gasteiger partial charge in [0, 0.05) is 24.0 Å². The lowest BCUT2D eigenvalue weighted by molar-refractivity contribution is -0.131. The topological polar surface area (TPSA) is 59.5 Å². The van der Waals surface area contributed by atoms with E-state index in [1.807, 2.05) is 29.2 Å². The van der Waals surface area contributed by atoms with E-state index < -0.39 is 6.04 Å². The molecule has 94 valence electrons. The van der Waals surface area contributed by atoms with E-state index in [9.17, 15) is 4.79 Å². The molecule has 0 spiro atoms. The average molecular weight is 244 g/mol. The molecular weight excluding hydrogens is 228 g/mol. The van der Waals surface area contributed by atoms with Crippen molar-refractivity contribution in [1.29, 1.82) is 0 Å². The van der Waals surface area contributed by atoms with Gasteiger partial charge in [0.15, 0.2) is 0 Å². The lowest BCUT2D eigenvalue weighted by Crippen LogP contribution is -2.36. The van der Waals surface area contributed by atoms with Gasteiger partial charge >= 0.3 is 0 Å². The molecular formula is C14H16N2O2. The second-order valence-corrected chi connectivity index (χ2v) is 4.70. The van der Waals surface area contributed by atoms with Crippen molar-refractivity contribution in [3.63, 3.8) is 0 Å². The number of para-hydroxylation sites is 1. The molecule has 2 aromatic rings. The normalized spacial score (nSPS) is 17.3. The van der Waals surface area contributed by atoms with Gasteiger partial charge in [0.05, 0.1) is 6.26 Å². The minimum absolute atomic E-state index is 0.000877. The van der Waals surface area contributed by atoms with Gasteiger partial charge in [0.1, 0.15) is 11.6 Å². The Bertz CT molecular complexity index is 570. The second-order valence-electron chi connectivity index (χ2n) is 4.70. The van der Waals surface area contributed by atoms with E-state index in [1.54, 1.807) is 6.26 Å². The van der Waals surface area contributed by atoms with Crippen LogP contribution >= 0.6 is 0 Å². The van der Waals surface area contributed by atoms with E-state index in [0.29, 0.717) is 0 Å². The zero-order valence-corrected chi connectivity index (χ0v) is 10.1. The Labute approximate surface area is 105 Å². The summed E-state index contributed by atoms with van der Waals surface area (Å²) in [4.78, 5) is 14.1. The van der Waals surface area contributed by atoms with Crippen LogP contribution < -0.4 is 5.73 Å². The number of hydrogen-bond acceptors (Lipinski definition) is 3. The molecule has 1 aromatic carbocycles. The monoisotopic (exact) mass is 244 g/mol. The summed E-state index contributed by atoms with van der Waals surface area (Å²) in [6, 6.07) is 7.03. The summed E-state index contributed by atoms with van der Waals surface area (Å²) in [5.74, 6) is -0.000877. The average Bonchev–Trinajstić information content (AvgIpc) is 3.06. The predicted molar refractivity (Wildman–Crippen MR) is 69.0 cm³/mol. The van der Waals surface area contributed by atoms with Gasteiger partial charge < -0.3 is 15.1 Å². The molecule has 3 rings (SSSR count). The third-order valence-corrected chi connectivity index (χ3v) is 3.53. The number of amides is 1. The van der Waals surface area contributed by atoms with Crippen molar-refractivity contribution < 1.29 is 9.21 Å². The molecule has 1 amide bonds. The highest BCUT2D eigenvalue weighted by Gasteiger charge is 2.26. The van der Waals surface area contributed by atoms with Gasteiger partial charge in [-0.05, 0) is 18.9 Å². The molecule has 1 atom stereocenters. The van der Waals surface area contributed by atoms with E-state index in [-0.39, 0.29) is 5.91 Å². The summed E-state index contributed by atoms with van der Waals surface area (Å²) in [7, 11) is 0. The van der Waals surface area contributed by atoms with Gasteiger partial charge in [-0.25, -0.2) is 0 Å². The third-order valence-electron chi connectivity index (χ3n) is 3.53. The first kappa shape index (κ1) is 11.3. The molecule has 0 radical (unpaired) electrons. The fourth-order valence-corrected chi connectivity index (χ4v) is 2.51. The molecule has 1 saturated heterocycles. The number of nitrogens with two attached hydrogens (primary N) is 1. The summed E-state index contributed by atoms with van der Waals surface area (Å²) in [6.45, 7) is 1.64. The summed E-state index contributed by atoms with van der Waals surface area (Å²) in [5, 5.41) is 0.928. The summed E-state index contributed by atoms with van der Waals surface area (Å²) >= 11 is 0. The molecule has 2 heterocycles. The molecule has 4 heteroatoms. The molecule has 0 aliphatic carbocycles. The van der Waals surface area contributed by atoms with E-state index in [1.165, 1.54) is 0 Å². The largest absolute Gasteiger partial charge is 0.464 e. The fourth-order valence-electron chi connectivity index (χ4n) is 2.51. The second kappa shape index (κ2) is 4.46. The Morgan fingerprint density at radius 1 is 1.28 bits per heavy atom. The van der Waals surface area contributed by atoms with Crippen LogP contribution in [0.5, 0.6) is 0 Å². The summed E-state index contributed by atoms with van der Waals surface area (Å²) < 4.78 is 5.43. The maximum absolute atomic E-state index is 12.2. The molecule has 1 unspecified atom stereocenters. The van der Waals surface area contributed by atoms with Crippen LogP contribution in [-0.4, -0.2) is 23.9 Å². The van der Waals surface area contributed by atoms with Crippen LogP contribution in [0.2, 0.25) is 0 Å². The Kier molecular flexibility index (Phi) is 2.80. The first-order valence-electron chi connectivity index (χ1n) is 6.28. The number of carbonyl (C=O) groups excluding carboxylic acids is 1. The molecule has 1 fully saturated rings. The molecule has 4 nitrogen and oxygen atoms in total. The lowest BCUT2D eigenvalue weighted by atomic mass is 10.1. The minimum atomic E-state index is -0.619. The first-order chi connectivity index (χ1) is 8.77. The zero-order chi connectivity index (χ0) is 12.5. The maximum atomic E-state index is 12.2. The van der Waals surface area contributed by atoms with Crippen LogP contribution in [0.15, 0.2) is 34.9 Å². The SMILES string of the molecule is NC(C(=O)N1CCCC1)c1coc2ccccc12. The van der Waals surface area contributed by atoms with E-state index in [2.05, 4.69) is 0 Å². The van der Waals surface area contributed by atoms with Gasteiger partial charge in [-0.3, -0.25) is 4.79 Å². The Balaban J connectivity index is 1.91. The Hall–Kier alpha value is -1.81. The number of carbonyl (C=O) groups is 1. The first-order valence-corrected chi connectivity index (χ1v) is 6.28. The molecule has 2 N–H and O–H groups in total. The molecule has 0 saturated carbocycles. The van der Waals surface area contributed by atoms with Crippen LogP contribution in [0.4, 0.5) is 0 Å². The third kappa shape index (κ3) is 1.78. The van der Waals surface area contributed by atoms with Crippen LogP contribution in [0.3, 0.4) is 0 Å². The highest BCUT2D eigenvalue weighted by molar-refractivity contribution is 5.90. The van der Waals surface area contributed by atoms with E-state index >= 15 is 0 Å². The maximum Gasteiger partial charge on any atom is 0.244 e. The van der Waals surface area contributed by atoms with Gasteiger partial charge in [0.2, 0.25) is 5.91 Å². The minimum Gasteiger partial charge on any atom is -0.464 e.